The van der Waals surface area contributed by atoms with Gasteiger partial charge in [-0.2, -0.15) is 10.2 Å². The van der Waals surface area contributed by atoms with Gasteiger partial charge in [0.15, 0.2) is 0 Å². The van der Waals surface area contributed by atoms with Gasteiger partial charge in [0.2, 0.25) is 23.0 Å². The quantitative estimate of drug-likeness (QED) is 0.0151. The molecule has 5 aliphatic rings. The highest BCUT2D eigenvalue weighted by Gasteiger charge is 2.34. The highest BCUT2D eigenvalue weighted by atomic mass is 35.5. The molecule has 0 bridgehead atoms. The number of hydrogen-bond donors (Lipinski definition) is 8. The first-order valence-electron chi connectivity index (χ1n) is 29.8. The van der Waals surface area contributed by atoms with Gasteiger partial charge < -0.3 is 46.0 Å². The van der Waals surface area contributed by atoms with E-state index in [9.17, 15) is 57.8 Å². The number of nitrogens with one attached hydrogen (secondary N) is 7. The summed E-state index contributed by atoms with van der Waals surface area (Å²) in [7, 11) is 0. The Hall–Kier alpha value is -5.84. The average Bonchev–Trinajstić information content (AvgIpc) is 4.24. The Morgan fingerprint density at radius 2 is 0.821 bits per heavy atom. The van der Waals surface area contributed by atoms with Crippen molar-refractivity contribution in [3.05, 3.63) is 0 Å². The Labute approximate surface area is 504 Å². The molecule has 0 aromatic heterocycles. The zero-order valence-electron chi connectivity index (χ0n) is 49.7. The summed E-state index contributed by atoms with van der Waals surface area (Å²) in [6, 6.07) is -1.70. The minimum absolute atomic E-state index is 0. The number of hydrogen-bond acceptors (Lipinski definition) is 16. The second-order valence-electron chi connectivity index (χ2n) is 22.1. The van der Waals surface area contributed by atoms with Crippen LogP contribution in [-0.4, -0.2) is 132 Å². The molecule has 5 rings (SSSR count). The van der Waals surface area contributed by atoms with Gasteiger partial charge in [-0.25, -0.2) is 20.4 Å². The minimum atomic E-state index is -0.407. The van der Waals surface area contributed by atoms with Gasteiger partial charge in [-0.05, 0) is 152 Å². The maximum absolute atomic E-state index is 12.5. The third kappa shape index (κ3) is 32.4. The van der Waals surface area contributed by atoms with Crippen LogP contribution >= 0.6 is 11.6 Å². The third-order valence-electron chi connectivity index (χ3n) is 15.7. The maximum atomic E-state index is 12.5. The normalized spacial score (nSPS) is 25.1. The molecule has 9 atom stereocenters. The molecule has 8 N–H and O–H groups in total. The molecule has 480 valence electrons. The van der Waals surface area contributed by atoms with E-state index in [4.69, 9.17) is 9.47 Å². The van der Waals surface area contributed by atoms with E-state index in [1.54, 1.807) is 0 Å². The summed E-state index contributed by atoms with van der Waals surface area (Å²) in [6.45, 7) is 14.7. The molecule has 5 saturated carbocycles. The molecule has 7 amide bonds. The number of hydrazone groups is 2. The van der Waals surface area contributed by atoms with Crippen LogP contribution in [0.25, 0.3) is 0 Å². The van der Waals surface area contributed by atoms with Gasteiger partial charge in [0.1, 0.15) is 30.1 Å². The second kappa shape index (κ2) is 43.7. The molecule has 23 nitrogen and oxygen atoms in total. The van der Waals surface area contributed by atoms with E-state index in [2.05, 4.69) is 59.2 Å². The van der Waals surface area contributed by atoms with Crippen LogP contribution < -0.4 is 37.4 Å². The number of rotatable bonds is 24. The van der Waals surface area contributed by atoms with Crippen LogP contribution in [-0.2, 0) is 52.6 Å². The highest BCUT2D eigenvalue weighted by molar-refractivity contribution is 6.62. The van der Waals surface area contributed by atoms with Crippen molar-refractivity contribution in [2.75, 3.05) is 13.1 Å². The lowest BCUT2D eigenvalue weighted by atomic mass is 9.79. The molecule has 0 spiro atoms. The molecular formula is C60H104ClN9O14. The fourth-order valence-electron chi connectivity index (χ4n) is 10.7. The van der Waals surface area contributed by atoms with Crippen molar-refractivity contribution in [1.29, 1.82) is 0 Å². The van der Waals surface area contributed by atoms with Crippen LogP contribution in [0.3, 0.4) is 0 Å². The third-order valence-corrected chi connectivity index (χ3v) is 15.7. The summed E-state index contributed by atoms with van der Waals surface area (Å²) in [5.41, 5.74) is 4.90. The van der Waals surface area contributed by atoms with E-state index in [0.29, 0.717) is 120 Å². The number of nitrogens with zero attached hydrogens (tertiary/aromatic N) is 2. The zero-order valence-corrected chi connectivity index (χ0v) is 50.5. The highest BCUT2D eigenvalue weighted by Crippen LogP contribution is 2.32. The number of Topliss-reactive ketones (excluding diaryl/α,β-unsaturated/α-hetero) is 2. The molecule has 0 heterocycles. The van der Waals surface area contributed by atoms with E-state index >= 15 is 0 Å². The topological polar surface area (TPSA) is 335 Å². The number of ketones is 2. The number of esters is 2. The number of urea groups is 2. The molecule has 5 aliphatic carbocycles. The summed E-state index contributed by atoms with van der Waals surface area (Å²) in [4.78, 5) is 126. The molecular weight excluding hydrogens is 1110 g/mol. The molecule has 24 heteroatoms. The summed E-state index contributed by atoms with van der Waals surface area (Å²) in [5, 5.41) is 31.3. The Balaban J connectivity index is 0.00000122. The van der Waals surface area contributed by atoms with Crippen molar-refractivity contribution < 1.29 is 67.3 Å². The number of carbonyl (C=O) groups excluding carboxylic acids is 11. The van der Waals surface area contributed by atoms with E-state index < -0.39 is 6.04 Å². The number of halogens is 1. The average molecular weight is 1210 g/mol. The predicted octanol–water partition coefficient (Wildman–Crippen LogP) is 7.65. The van der Waals surface area contributed by atoms with Crippen molar-refractivity contribution in [3.8, 4) is 0 Å². The maximum Gasteiger partial charge on any atom is 0.335 e. The van der Waals surface area contributed by atoms with E-state index in [0.717, 1.165) is 64.1 Å². The summed E-state index contributed by atoms with van der Waals surface area (Å²) in [5.74, 6) is 0.499. The zero-order chi connectivity index (χ0) is 61.1. The summed E-state index contributed by atoms with van der Waals surface area (Å²) < 4.78 is 10.2. The molecule has 5 fully saturated rings. The van der Waals surface area contributed by atoms with Gasteiger partial charge in [0.05, 0.1) is 24.2 Å². The Morgan fingerprint density at radius 3 is 1.12 bits per heavy atom. The van der Waals surface area contributed by atoms with E-state index in [1.807, 2.05) is 34.6 Å². The van der Waals surface area contributed by atoms with Gasteiger partial charge in [-0.1, -0.05) is 49.5 Å². The lowest BCUT2D eigenvalue weighted by molar-refractivity contribution is -0.147. The predicted molar refractivity (Wildman–Crippen MR) is 323 cm³/mol. The molecule has 0 unspecified atom stereocenters. The van der Waals surface area contributed by atoms with E-state index in [1.165, 1.54) is 33.2 Å². The monoisotopic (exact) mass is 1210 g/mol. The SMILES string of the molecule is C.C.CC(=O)Cl.CCC(=O)C1CCC(CNC(=O)N/N=C/[C@H](CC)NC(=O)[C@H]2CC[C@H](O)C2)CC1.CCC(=O)C1CCC(CNC(=O)N/N=C/[C@H](CC)NC(=O)[C@H]2CC[C@H](OC(C)=O)C2)CC1.CC[C@@H](C=O)NC(=O)[C@H]1CC[C@H](OC(C)=O)C1. The molecule has 0 saturated heterocycles. The first-order valence-corrected chi connectivity index (χ1v) is 30.2. The Morgan fingerprint density at radius 1 is 0.500 bits per heavy atom. The number of aldehydes is 1. The van der Waals surface area contributed by atoms with Crippen molar-refractivity contribution in [1.82, 2.24) is 37.4 Å². The molecule has 0 radical (unpaired) electrons. The van der Waals surface area contributed by atoms with Crippen molar-refractivity contribution in [2.45, 2.75) is 248 Å². The van der Waals surface area contributed by atoms with Crippen molar-refractivity contribution >= 4 is 88.8 Å². The molecule has 0 aromatic rings. The second-order valence-corrected chi connectivity index (χ2v) is 22.6. The first-order chi connectivity index (χ1) is 39.0. The van der Waals surface area contributed by atoms with Crippen LogP contribution in [0.15, 0.2) is 10.2 Å². The fourth-order valence-corrected chi connectivity index (χ4v) is 10.7. The fraction of sp³-hybridized carbons (Fsp3) is 0.783. The van der Waals surface area contributed by atoms with Gasteiger partial charge in [0.25, 0.3) is 0 Å². The van der Waals surface area contributed by atoms with Crippen LogP contribution in [0.4, 0.5) is 9.59 Å². The Bertz CT molecular complexity index is 2110. The molecule has 0 aromatic carbocycles. The largest absolute Gasteiger partial charge is 0.463 e. The number of aliphatic hydroxyl groups excluding tert-OH is 1. The lowest BCUT2D eigenvalue weighted by Crippen LogP contribution is -2.40. The van der Waals surface area contributed by atoms with Gasteiger partial charge in [0, 0.05) is 88.7 Å². The van der Waals surface area contributed by atoms with Crippen molar-refractivity contribution in [3.63, 3.8) is 0 Å². The lowest BCUT2D eigenvalue weighted by Gasteiger charge is -2.27. The van der Waals surface area contributed by atoms with Crippen LogP contribution in [0, 0.1) is 41.4 Å². The van der Waals surface area contributed by atoms with Crippen LogP contribution in [0.2, 0.25) is 0 Å². The molecule has 84 heavy (non-hydrogen) atoms. The number of aliphatic hydroxyl groups is 1. The summed E-state index contributed by atoms with van der Waals surface area (Å²) >= 11 is 4.64. The van der Waals surface area contributed by atoms with Crippen LogP contribution in [0.5, 0.6) is 0 Å². The van der Waals surface area contributed by atoms with Gasteiger partial charge in [-0.3, -0.25) is 38.4 Å². The van der Waals surface area contributed by atoms with Gasteiger partial charge >= 0.3 is 24.0 Å². The molecule has 0 aliphatic heterocycles. The summed E-state index contributed by atoms with van der Waals surface area (Å²) in [6.07, 6.45) is 19.4. The number of carbonyl (C=O) groups is 11. The first kappa shape index (κ1) is 78.2. The smallest absolute Gasteiger partial charge is 0.335 e. The minimum Gasteiger partial charge on any atom is -0.463 e. The standard InChI is InChI=1S/C23H38N4O5.C21H36N4O4.C12H19NO4.C2H3ClO.2CH4/c1-4-19(26-22(30)18-10-11-20(12-18)32-15(3)28)14-25-27-23(31)24-13-16-6-8-17(9-7-16)21(29)5-2;1-3-17(24-20(28)16-9-10-18(26)11-16)13-23-25-21(29)22-12-14-5-7-15(8-6-14)19(27)4-2;1-3-10(7-14)13-12(16)9-4-5-11(6-9)17-8(2)15;1-2(3)4;;/h14,16-20H,4-13H2,1-3H3,(H,26,30)(H2,24,27,31);13-18,26H,3-12H2,1-2H3,(H,24,28)(H2,22,25,29);7,9-11H,3-6H2,1-2H3,(H,13,16);1H3;2*1H4/b25-14+;23-13+;;;;/t16?,17?,18-,19-,20-;14?,15?,16-,17-,18-;9-,10-,11-;;;/m000.../s1. The van der Waals surface area contributed by atoms with Crippen LogP contribution in [0.1, 0.15) is 212 Å². The van der Waals surface area contributed by atoms with Crippen molar-refractivity contribution in [2.24, 2.45) is 51.6 Å². The number of ether oxygens (including phenoxy) is 2. The van der Waals surface area contributed by atoms with E-state index in [-0.39, 0.29) is 122 Å². The number of amides is 7. The Kier molecular flexibility index (Phi) is 40.7. The van der Waals surface area contributed by atoms with Gasteiger partial charge in [-0.15, -0.1) is 0 Å².